The van der Waals surface area contributed by atoms with Gasteiger partial charge in [-0.15, -0.1) is 0 Å². The van der Waals surface area contributed by atoms with Gasteiger partial charge in [0.15, 0.2) is 0 Å². The van der Waals surface area contributed by atoms with Crippen molar-refractivity contribution in [3.8, 4) is 11.1 Å². The molecule has 0 aliphatic heterocycles. The Morgan fingerprint density at radius 2 is 1.70 bits per heavy atom. The number of carbonyl (C=O) groups is 1. The van der Waals surface area contributed by atoms with Crippen LogP contribution in [0, 0.1) is 13.8 Å². The number of benzene rings is 2. The lowest BCUT2D eigenvalue weighted by Gasteiger charge is -2.05. The third-order valence-electron chi connectivity index (χ3n) is 3.56. The van der Waals surface area contributed by atoms with Crippen molar-refractivity contribution in [3.05, 3.63) is 59.3 Å². The number of rotatable bonds is 2. The maximum atomic E-state index is 11.0. The van der Waals surface area contributed by atoms with E-state index < -0.39 is 5.97 Å². The van der Waals surface area contributed by atoms with Crippen LogP contribution >= 0.6 is 0 Å². The van der Waals surface area contributed by atoms with Gasteiger partial charge in [0.25, 0.3) is 0 Å². The number of aromatic carboxylic acids is 1. The minimum atomic E-state index is -0.933. The monoisotopic (exact) mass is 265 g/mol. The van der Waals surface area contributed by atoms with Crippen molar-refractivity contribution in [2.75, 3.05) is 0 Å². The quantitative estimate of drug-likeness (QED) is 0.731. The molecule has 0 radical (unpaired) electrons. The molecule has 0 fully saturated rings. The van der Waals surface area contributed by atoms with Gasteiger partial charge in [-0.25, -0.2) is 4.79 Å². The molecule has 1 heterocycles. The molecule has 2 aromatic carbocycles. The number of carboxylic acid groups (broad SMARTS) is 1. The van der Waals surface area contributed by atoms with Gasteiger partial charge in [-0.1, -0.05) is 35.9 Å². The third-order valence-corrected chi connectivity index (χ3v) is 3.56. The van der Waals surface area contributed by atoms with Crippen molar-refractivity contribution in [3.63, 3.8) is 0 Å². The van der Waals surface area contributed by atoms with Crippen molar-refractivity contribution < 1.29 is 9.90 Å². The Kier molecular flexibility index (Phi) is 2.83. The summed E-state index contributed by atoms with van der Waals surface area (Å²) in [5.41, 5.74) is 5.60. The van der Waals surface area contributed by atoms with Crippen LogP contribution in [0.25, 0.3) is 22.0 Å². The van der Waals surface area contributed by atoms with Crippen LogP contribution in [0.15, 0.2) is 42.5 Å². The van der Waals surface area contributed by atoms with Gasteiger partial charge in [-0.3, -0.25) is 0 Å². The third kappa shape index (κ3) is 2.07. The number of aromatic amines is 1. The standard InChI is InChI=1S/C17H15NO2/c1-10-3-5-12(6-4-10)13-7-11(2)14-9-16(17(19)20)18-15(14)8-13/h3-9,18H,1-2H3,(H,19,20). The first kappa shape index (κ1) is 12.5. The van der Waals surface area contributed by atoms with Crippen molar-refractivity contribution in [1.29, 1.82) is 0 Å². The molecule has 0 saturated heterocycles. The lowest BCUT2D eigenvalue weighted by Crippen LogP contribution is -1.94. The van der Waals surface area contributed by atoms with Crippen molar-refractivity contribution in [2.24, 2.45) is 0 Å². The number of nitrogens with one attached hydrogen (secondary N) is 1. The first-order valence-corrected chi connectivity index (χ1v) is 6.48. The summed E-state index contributed by atoms with van der Waals surface area (Å²) in [5.74, 6) is -0.933. The zero-order chi connectivity index (χ0) is 14.3. The molecule has 0 saturated carbocycles. The maximum absolute atomic E-state index is 11.0. The summed E-state index contributed by atoms with van der Waals surface area (Å²) < 4.78 is 0. The van der Waals surface area contributed by atoms with E-state index in [1.165, 1.54) is 5.56 Å². The van der Waals surface area contributed by atoms with E-state index in [2.05, 4.69) is 42.2 Å². The van der Waals surface area contributed by atoms with E-state index in [0.717, 1.165) is 27.6 Å². The lowest BCUT2D eigenvalue weighted by molar-refractivity contribution is 0.0691. The van der Waals surface area contributed by atoms with Crippen molar-refractivity contribution >= 4 is 16.9 Å². The molecule has 0 aliphatic carbocycles. The zero-order valence-corrected chi connectivity index (χ0v) is 11.4. The zero-order valence-electron chi connectivity index (χ0n) is 11.4. The second kappa shape index (κ2) is 4.53. The fraction of sp³-hybridized carbons (Fsp3) is 0.118. The molecule has 3 aromatic rings. The van der Waals surface area contributed by atoms with Gasteiger partial charge < -0.3 is 10.1 Å². The largest absolute Gasteiger partial charge is 0.477 e. The van der Waals surface area contributed by atoms with Crippen LogP contribution in [0.5, 0.6) is 0 Å². The average molecular weight is 265 g/mol. The molecular weight excluding hydrogens is 250 g/mol. The lowest BCUT2D eigenvalue weighted by atomic mass is 10.00. The van der Waals surface area contributed by atoms with Crippen molar-refractivity contribution in [1.82, 2.24) is 4.98 Å². The molecule has 0 spiro atoms. The highest BCUT2D eigenvalue weighted by atomic mass is 16.4. The highest BCUT2D eigenvalue weighted by molar-refractivity contribution is 5.96. The predicted molar refractivity (Wildman–Crippen MR) is 80.2 cm³/mol. The average Bonchev–Trinajstić information content (AvgIpc) is 2.84. The van der Waals surface area contributed by atoms with Gasteiger partial charge in [0.1, 0.15) is 5.69 Å². The molecule has 3 heteroatoms. The summed E-state index contributed by atoms with van der Waals surface area (Å²) >= 11 is 0. The Morgan fingerprint density at radius 3 is 2.35 bits per heavy atom. The van der Waals surface area contributed by atoms with E-state index in [-0.39, 0.29) is 5.69 Å². The molecule has 0 aliphatic rings. The molecule has 0 atom stereocenters. The normalized spacial score (nSPS) is 10.9. The maximum Gasteiger partial charge on any atom is 0.352 e. The minimum Gasteiger partial charge on any atom is -0.477 e. The van der Waals surface area contributed by atoms with Gasteiger partial charge in [-0.2, -0.15) is 0 Å². The van der Waals surface area contributed by atoms with Crippen LogP contribution in [-0.4, -0.2) is 16.1 Å². The Hall–Kier alpha value is -2.55. The fourth-order valence-corrected chi connectivity index (χ4v) is 2.45. The number of aromatic nitrogens is 1. The highest BCUT2D eigenvalue weighted by Crippen LogP contribution is 2.28. The number of hydrogen-bond donors (Lipinski definition) is 2. The molecule has 0 amide bonds. The second-order valence-corrected chi connectivity index (χ2v) is 5.11. The van der Waals surface area contributed by atoms with E-state index in [9.17, 15) is 4.79 Å². The smallest absolute Gasteiger partial charge is 0.352 e. The number of hydrogen-bond acceptors (Lipinski definition) is 1. The first-order chi connectivity index (χ1) is 9.54. The number of H-pyrrole nitrogens is 1. The van der Waals surface area contributed by atoms with Crippen LogP contribution in [-0.2, 0) is 0 Å². The number of carboxylic acids is 1. The Morgan fingerprint density at radius 1 is 1.00 bits per heavy atom. The van der Waals surface area contributed by atoms with E-state index >= 15 is 0 Å². The van der Waals surface area contributed by atoms with Gasteiger partial charge in [0, 0.05) is 10.9 Å². The molecular formula is C17H15NO2. The van der Waals surface area contributed by atoms with E-state index in [1.54, 1.807) is 6.07 Å². The van der Waals surface area contributed by atoms with Crippen molar-refractivity contribution in [2.45, 2.75) is 13.8 Å². The molecule has 2 N–H and O–H groups in total. The van der Waals surface area contributed by atoms with Crippen LogP contribution in [0.4, 0.5) is 0 Å². The molecule has 100 valence electrons. The minimum absolute atomic E-state index is 0.226. The van der Waals surface area contributed by atoms with E-state index in [1.807, 2.05) is 13.0 Å². The fourth-order valence-electron chi connectivity index (χ4n) is 2.45. The Balaban J connectivity index is 2.18. The van der Waals surface area contributed by atoms with Crippen LogP contribution in [0.3, 0.4) is 0 Å². The first-order valence-electron chi connectivity index (χ1n) is 6.48. The summed E-state index contributed by atoms with van der Waals surface area (Å²) in [7, 11) is 0. The summed E-state index contributed by atoms with van der Waals surface area (Å²) in [6, 6.07) is 14.1. The van der Waals surface area contributed by atoms with E-state index in [4.69, 9.17) is 5.11 Å². The molecule has 3 nitrogen and oxygen atoms in total. The molecule has 1 aromatic heterocycles. The number of aryl methyl sites for hydroxylation is 2. The van der Waals surface area contributed by atoms with Gasteiger partial charge in [-0.05, 0) is 42.7 Å². The summed E-state index contributed by atoms with van der Waals surface area (Å²) in [6.45, 7) is 4.06. The van der Waals surface area contributed by atoms with Crippen LogP contribution in [0.2, 0.25) is 0 Å². The molecule has 0 unspecified atom stereocenters. The van der Waals surface area contributed by atoms with Crippen LogP contribution < -0.4 is 0 Å². The van der Waals surface area contributed by atoms with Gasteiger partial charge in [0.2, 0.25) is 0 Å². The van der Waals surface area contributed by atoms with Crippen LogP contribution in [0.1, 0.15) is 21.6 Å². The Bertz CT molecular complexity index is 798. The van der Waals surface area contributed by atoms with Gasteiger partial charge in [0.05, 0.1) is 0 Å². The van der Waals surface area contributed by atoms with E-state index in [0.29, 0.717) is 0 Å². The predicted octanol–water partition coefficient (Wildman–Crippen LogP) is 4.15. The topological polar surface area (TPSA) is 53.1 Å². The summed E-state index contributed by atoms with van der Waals surface area (Å²) in [6.07, 6.45) is 0. The molecule has 20 heavy (non-hydrogen) atoms. The summed E-state index contributed by atoms with van der Waals surface area (Å²) in [5, 5.41) is 10.0. The summed E-state index contributed by atoms with van der Waals surface area (Å²) in [4.78, 5) is 14.0. The molecule has 0 bridgehead atoms. The highest BCUT2D eigenvalue weighted by Gasteiger charge is 2.10. The number of fused-ring (bicyclic) bond motifs is 1. The Labute approximate surface area is 116 Å². The SMILES string of the molecule is Cc1ccc(-c2cc(C)c3cc(C(=O)O)[nH]c3c2)cc1. The van der Waals surface area contributed by atoms with Gasteiger partial charge >= 0.3 is 5.97 Å². The molecule has 3 rings (SSSR count). The second-order valence-electron chi connectivity index (χ2n) is 5.11.